The maximum absolute atomic E-state index is 9.61. The summed E-state index contributed by atoms with van der Waals surface area (Å²) in [6.45, 7) is 9.95. The second kappa shape index (κ2) is 6.04. The molecule has 0 saturated carbocycles. The normalized spacial score (nSPS) is 12.0. The van der Waals surface area contributed by atoms with Crippen molar-refractivity contribution in [2.45, 2.75) is 34.6 Å². The third-order valence-electron chi connectivity index (χ3n) is 3.48. The van der Waals surface area contributed by atoms with Crippen LogP contribution in [0.2, 0.25) is 0 Å². The van der Waals surface area contributed by atoms with Crippen LogP contribution in [0.15, 0.2) is 0 Å². The van der Waals surface area contributed by atoms with E-state index in [1.165, 1.54) is 21.8 Å². The van der Waals surface area contributed by atoms with Crippen LogP contribution in [0.5, 0.6) is 0 Å². The van der Waals surface area contributed by atoms with Gasteiger partial charge in [0.1, 0.15) is 17.4 Å². The van der Waals surface area contributed by atoms with Crippen molar-refractivity contribution >= 4 is 42.1 Å². The minimum Gasteiger partial charge on any atom is -0.566 e. The summed E-state index contributed by atoms with van der Waals surface area (Å²) in [6.07, 6.45) is 0. The van der Waals surface area contributed by atoms with Gasteiger partial charge in [-0.15, -0.1) is 22.7 Å². The predicted molar refractivity (Wildman–Crippen MR) is 89.4 cm³/mol. The molecule has 0 unspecified atom stereocenters. The smallest absolute Gasteiger partial charge is 0.374 e. The minimum absolute atomic E-state index is 0.407. The lowest BCUT2D eigenvalue weighted by Crippen LogP contribution is -1.94. The van der Waals surface area contributed by atoms with Crippen LogP contribution in [-0.4, -0.2) is 13.0 Å². The fraction of sp³-hybridized carbons (Fsp3) is 0.333. The summed E-state index contributed by atoms with van der Waals surface area (Å²) in [5.41, 5.74) is 3.61. The first-order valence-corrected chi connectivity index (χ1v) is 8.06. The molecule has 0 spiro atoms. The molecule has 0 aromatic carbocycles. The van der Waals surface area contributed by atoms with Crippen LogP contribution in [0.3, 0.4) is 0 Å². The number of rotatable bonds is 3. The molecule has 6 heteroatoms. The first kappa shape index (κ1) is 15.8. The molecule has 2 radical (unpaired) electrons. The number of allylic oxidation sites excluding steroid dienone is 1. The molecule has 2 aromatic heterocycles. The average molecular weight is 314 g/mol. The van der Waals surface area contributed by atoms with Gasteiger partial charge in [0.15, 0.2) is 0 Å². The Morgan fingerprint density at radius 2 is 1.76 bits per heavy atom. The highest BCUT2D eigenvalue weighted by Crippen LogP contribution is 2.38. The van der Waals surface area contributed by atoms with Crippen molar-refractivity contribution in [2.24, 2.45) is 0 Å². The largest absolute Gasteiger partial charge is 0.566 e. The molecular formula is C15H15BN2OS2. The summed E-state index contributed by atoms with van der Waals surface area (Å²) in [5.74, 6) is 0.407. The van der Waals surface area contributed by atoms with Gasteiger partial charge in [-0.05, 0) is 45.7 Å². The topological polar surface area (TPSA) is 45.9 Å². The number of aromatic nitrogens is 1. The molecule has 0 saturated heterocycles. The van der Waals surface area contributed by atoms with E-state index in [9.17, 15) is 5.26 Å². The van der Waals surface area contributed by atoms with E-state index in [1.54, 1.807) is 11.3 Å². The molecular weight excluding hydrogens is 299 g/mol. The van der Waals surface area contributed by atoms with Gasteiger partial charge in [-0.2, -0.15) is 5.26 Å². The highest BCUT2D eigenvalue weighted by molar-refractivity contribution is 7.14. The summed E-state index contributed by atoms with van der Waals surface area (Å²) in [4.78, 5) is 7.31. The monoisotopic (exact) mass is 314 g/mol. The van der Waals surface area contributed by atoms with E-state index >= 15 is 0 Å². The molecule has 0 N–H and O–H groups in total. The SMILES string of the molecule is [B]OC(=C(C#N)c1sc(C)c(C)c1C)c1sc(C)nc1C. The molecule has 0 aliphatic rings. The zero-order valence-electron chi connectivity index (χ0n) is 12.7. The van der Waals surface area contributed by atoms with Gasteiger partial charge in [-0.3, -0.25) is 0 Å². The molecule has 0 fully saturated rings. The molecule has 106 valence electrons. The Bertz CT molecular complexity index is 765. The maximum atomic E-state index is 9.61. The third-order valence-corrected chi connectivity index (χ3v) is 5.88. The lowest BCUT2D eigenvalue weighted by molar-refractivity contribution is 0.576. The van der Waals surface area contributed by atoms with Crippen LogP contribution in [0.1, 0.15) is 36.5 Å². The fourth-order valence-electron chi connectivity index (χ4n) is 2.15. The first-order valence-electron chi connectivity index (χ1n) is 6.43. The zero-order valence-corrected chi connectivity index (χ0v) is 14.3. The molecule has 0 aliphatic heterocycles. The van der Waals surface area contributed by atoms with Crippen molar-refractivity contribution in [1.82, 2.24) is 4.98 Å². The quantitative estimate of drug-likeness (QED) is 0.483. The Morgan fingerprint density at radius 3 is 2.14 bits per heavy atom. The van der Waals surface area contributed by atoms with Crippen LogP contribution in [0.4, 0.5) is 0 Å². The molecule has 0 bridgehead atoms. The van der Waals surface area contributed by atoms with E-state index in [1.807, 2.05) is 20.8 Å². The molecule has 0 atom stereocenters. The van der Waals surface area contributed by atoms with E-state index in [0.717, 1.165) is 26.0 Å². The van der Waals surface area contributed by atoms with Crippen molar-refractivity contribution in [1.29, 1.82) is 5.26 Å². The highest BCUT2D eigenvalue weighted by Gasteiger charge is 2.21. The Hall–Kier alpha value is -1.58. The molecule has 2 aromatic rings. The van der Waals surface area contributed by atoms with Gasteiger partial charge in [0.2, 0.25) is 0 Å². The number of hydrogen-bond donors (Lipinski definition) is 0. The molecule has 2 heterocycles. The van der Waals surface area contributed by atoms with Gasteiger partial charge in [0.25, 0.3) is 0 Å². The van der Waals surface area contributed by atoms with Crippen molar-refractivity contribution in [3.63, 3.8) is 0 Å². The number of thiophene rings is 1. The fourth-order valence-corrected chi connectivity index (χ4v) is 4.22. The van der Waals surface area contributed by atoms with E-state index in [0.29, 0.717) is 11.3 Å². The summed E-state index contributed by atoms with van der Waals surface area (Å²) in [6, 6.07) is 2.25. The summed E-state index contributed by atoms with van der Waals surface area (Å²) in [7, 11) is 5.47. The van der Waals surface area contributed by atoms with Gasteiger partial charge in [-0.1, -0.05) is 0 Å². The van der Waals surface area contributed by atoms with Crippen LogP contribution >= 0.6 is 22.7 Å². The van der Waals surface area contributed by atoms with E-state index in [4.69, 9.17) is 12.7 Å². The standard InChI is InChI=1S/C15H15BN2OS2/c1-7-8(2)14(20-10(7)4)12(6-17)13(19-16)15-9(3)18-11(5)21-15/h1-5H3. The van der Waals surface area contributed by atoms with Crippen LogP contribution in [0.25, 0.3) is 11.3 Å². The Labute approximate surface area is 134 Å². The summed E-state index contributed by atoms with van der Waals surface area (Å²) < 4.78 is 5.08. The minimum atomic E-state index is 0.407. The maximum Gasteiger partial charge on any atom is 0.374 e. The molecule has 0 aliphatic carbocycles. The molecule has 0 amide bonds. The van der Waals surface area contributed by atoms with Crippen molar-refractivity contribution in [3.8, 4) is 6.07 Å². The Kier molecular flexibility index (Phi) is 4.55. The Morgan fingerprint density at radius 1 is 1.10 bits per heavy atom. The van der Waals surface area contributed by atoms with E-state index in [2.05, 4.69) is 24.9 Å². The molecule has 2 rings (SSSR count). The van der Waals surface area contributed by atoms with Crippen LogP contribution in [-0.2, 0) is 4.65 Å². The van der Waals surface area contributed by atoms with E-state index < -0.39 is 0 Å². The molecule has 3 nitrogen and oxygen atoms in total. The first-order chi connectivity index (χ1) is 9.90. The summed E-state index contributed by atoms with van der Waals surface area (Å²) >= 11 is 3.07. The van der Waals surface area contributed by atoms with Gasteiger partial charge >= 0.3 is 8.05 Å². The van der Waals surface area contributed by atoms with Gasteiger partial charge < -0.3 is 4.65 Å². The third kappa shape index (κ3) is 2.76. The lowest BCUT2D eigenvalue weighted by atomic mass is 10.1. The number of hydrogen-bond acceptors (Lipinski definition) is 5. The van der Waals surface area contributed by atoms with Gasteiger partial charge in [-0.25, -0.2) is 4.98 Å². The highest BCUT2D eigenvalue weighted by atomic mass is 32.1. The molecule has 21 heavy (non-hydrogen) atoms. The van der Waals surface area contributed by atoms with Crippen LogP contribution in [0, 0.1) is 45.9 Å². The number of thiazole rings is 1. The number of aryl methyl sites for hydroxylation is 3. The zero-order chi connectivity index (χ0) is 15.7. The van der Waals surface area contributed by atoms with Crippen LogP contribution < -0.4 is 0 Å². The van der Waals surface area contributed by atoms with Crippen molar-refractivity contribution in [2.75, 3.05) is 0 Å². The average Bonchev–Trinajstić information content (AvgIpc) is 2.90. The Balaban J connectivity index is 2.73. The van der Waals surface area contributed by atoms with Gasteiger partial charge in [0.05, 0.1) is 20.5 Å². The van der Waals surface area contributed by atoms with Crippen molar-refractivity contribution < 1.29 is 4.65 Å². The number of nitriles is 1. The second-order valence-electron chi connectivity index (χ2n) is 4.82. The summed E-state index contributed by atoms with van der Waals surface area (Å²) in [5, 5.41) is 10.5. The second-order valence-corrected chi connectivity index (χ2v) is 7.25. The van der Waals surface area contributed by atoms with Gasteiger partial charge in [0, 0.05) is 4.88 Å². The van der Waals surface area contributed by atoms with E-state index in [-0.39, 0.29) is 0 Å². The predicted octanol–water partition coefficient (Wildman–Crippen LogP) is 4.24. The van der Waals surface area contributed by atoms with Crippen molar-refractivity contribution in [3.05, 3.63) is 36.5 Å². The lowest BCUT2D eigenvalue weighted by Gasteiger charge is -2.09. The number of nitrogens with zero attached hydrogens (tertiary/aromatic N) is 2.